The van der Waals surface area contributed by atoms with Crippen LogP contribution in [0.4, 0.5) is 0 Å². The van der Waals surface area contributed by atoms with E-state index in [2.05, 4.69) is 21.2 Å². The van der Waals surface area contributed by atoms with Crippen LogP contribution in [-0.2, 0) is 16.1 Å². The number of nitrogens with one attached hydrogen (secondary N) is 1. The first-order valence-electron chi connectivity index (χ1n) is 8.59. The highest BCUT2D eigenvalue weighted by molar-refractivity contribution is 9.10. The van der Waals surface area contributed by atoms with Gasteiger partial charge < -0.3 is 15.0 Å². The van der Waals surface area contributed by atoms with Gasteiger partial charge in [0.05, 0.1) is 0 Å². The third-order valence-electron chi connectivity index (χ3n) is 4.11. The van der Waals surface area contributed by atoms with Crippen LogP contribution >= 0.6 is 27.5 Å². The third kappa shape index (κ3) is 5.97. The highest BCUT2D eigenvalue weighted by Gasteiger charge is 2.28. The molecule has 0 aliphatic carbocycles. The summed E-state index contributed by atoms with van der Waals surface area (Å²) in [7, 11) is 1.56. The lowest BCUT2D eigenvalue weighted by atomic mass is 10.1. The summed E-state index contributed by atoms with van der Waals surface area (Å²) >= 11 is 9.61. The Balaban J connectivity index is 2.19. The van der Waals surface area contributed by atoms with Gasteiger partial charge in [-0.2, -0.15) is 0 Å². The Hall–Kier alpha value is -2.05. The summed E-state index contributed by atoms with van der Waals surface area (Å²) in [6.07, 6.45) is 0.480. The number of likely N-dealkylation sites (N-methyl/N-ethyl adjacent to an activating group) is 1. The van der Waals surface area contributed by atoms with E-state index in [1.807, 2.05) is 37.3 Å². The molecule has 1 unspecified atom stereocenters. The number of ether oxygens (including phenoxy) is 1. The number of rotatable bonds is 8. The second-order valence-corrected chi connectivity index (χ2v) is 7.22. The van der Waals surface area contributed by atoms with Crippen LogP contribution in [0, 0.1) is 0 Å². The lowest BCUT2D eigenvalue weighted by molar-refractivity contribution is -0.142. The predicted molar refractivity (Wildman–Crippen MR) is 110 cm³/mol. The van der Waals surface area contributed by atoms with E-state index in [1.165, 1.54) is 4.90 Å². The maximum Gasteiger partial charge on any atom is 0.261 e. The summed E-state index contributed by atoms with van der Waals surface area (Å²) in [5.74, 6) is 0.0760. The van der Waals surface area contributed by atoms with Gasteiger partial charge in [-0.05, 0) is 42.3 Å². The van der Waals surface area contributed by atoms with Crippen LogP contribution in [0.3, 0.4) is 0 Å². The molecule has 0 aromatic heterocycles. The standard InChI is InChI=1S/C20H22BrClN2O3/c1-3-18(20(26)23-2)24(12-14-6-4-5-7-17(14)22)19(25)13-27-16-10-8-15(21)9-11-16/h4-11,18H,3,12-13H2,1-2H3,(H,23,26). The number of carbonyl (C=O) groups is 2. The van der Waals surface area contributed by atoms with Crippen LogP contribution < -0.4 is 10.1 Å². The molecule has 0 radical (unpaired) electrons. The quantitative estimate of drug-likeness (QED) is 0.656. The van der Waals surface area contributed by atoms with E-state index in [0.29, 0.717) is 17.2 Å². The zero-order valence-electron chi connectivity index (χ0n) is 15.2. The van der Waals surface area contributed by atoms with Crippen molar-refractivity contribution in [3.05, 3.63) is 63.6 Å². The zero-order valence-corrected chi connectivity index (χ0v) is 17.6. The van der Waals surface area contributed by atoms with Gasteiger partial charge in [0.15, 0.2) is 6.61 Å². The van der Waals surface area contributed by atoms with Gasteiger partial charge in [-0.15, -0.1) is 0 Å². The smallest absolute Gasteiger partial charge is 0.261 e. The Morgan fingerprint density at radius 2 is 1.85 bits per heavy atom. The van der Waals surface area contributed by atoms with E-state index in [4.69, 9.17) is 16.3 Å². The fraction of sp³-hybridized carbons (Fsp3) is 0.300. The van der Waals surface area contributed by atoms with Crippen molar-refractivity contribution in [2.45, 2.75) is 25.9 Å². The van der Waals surface area contributed by atoms with Crippen LogP contribution in [0.5, 0.6) is 5.75 Å². The van der Waals surface area contributed by atoms with Crippen molar-refractivity contribution in [1.82, 2.24) is 10.2 Å². The summed E-state index contributed by atoms with van der Waals surface area (Å²) in [6.45, 7) is 1.93. The number of halogens is 2. The van der Waals surface area contributed by atoms with Gasteiger partial charge in [0.25, 0.3) is 5.91 Å². The lowest BCUT2D eigenvalue weighted by Crippen LogP contribution is -2.49. The Labute approximate surface area is 172 Å². The van der Waals surface area contributed by atoms with E-state index < -0.39 is 6.04 Å². The van der Waals surface area contributed by atoms with Crippen LogP contribution in [-0.4, -0.2) is 36.4 Å². The highest BCUT2D eigenvalue weighted by atomic mass is 79.9. The first-order chi connectivity index (χ1) is 13.0. The number of hydrogen-bond donors (Lipinski definition) is 1. The Morgan fingerprint density at radius 1 is 1.19 bits per heavy atom. The van der Waals surface area contributed by atoms with E-state index in [1.54, 1.807) is 25.2 Å². The van der Waals surface area contributed by atoms with E-state index in [9.17, 15) is 9.59 Å². The average molecular weight is 454 g/mol. The summed E-state index contributed by atoms with van der Waals surface area (Å²) in [5, 5.41) is 3.17. The molecule has 2 amide bonds. The summed E-state index contributed by atoms with van der Waals surface area (Å²) in [4.78, 5) is 26.7. The third-order valence-corrected chi connectivity index (χ3v) is 5.00. The fourth-order valence-electron chi connectivity index (χ4n) is 2.66. The molecule has 2 rings (SSSR count). The minimum absolute atomic E-state index is 0.167. The molecule has 144 valence electrons. The van der Waals surface area contributed by atoms with Gasteiger partial charge in [0.2, 0.25) is 5.91 Å². The monoisotopic (exact) mass is 452 g/mol. The summed E-state index contributed by atoms with van der Waals surface area (Å²) < 4.78 is 6.53. The molecule has 0 saturated heterocycles. The minimum Gasteiger partial charge on any atom is -0.484 e. The van der Waals surface area contributed by atoms with Crippen molar-refractivity contribution in [3.63, 3.8) is 0 Å². The Kier molecular flexibility index (Phi) is 8.13. The minimum atomic E-state index is -0.604. The van der Waals surface area contributed by atoms with Gasteiger partial charge in [-0.3, -0.25) is 9.59 Å². The largest absolute Gasteiger partial charge is 0.484 e. The molecule has 0 bridgehead atoms. The van der Waals surface area contributed by atoms with Crippen LogP contribution in [0.25, 0.3) is 0 Å². The lowest BCUT2D eigenvalue weighted by Gasteiger charge is -2.30. The maximum absolute atomic E-state index is 12.9. The molecule has 0 spiro atoms. The van der Waals surface area contributed by atoms with E-state index in [-0.39, 0.29) is 25.0 Å². The molecule has 0 fully saturated rings. The van der Waals surface area contributed by atoms with E-state index in [0.717, 1.165) is 10.0 Å². The zero-order chi connectivity index (χ0) is 19.8. The maximum atomic E-state index is 12.9. The van der Waals surface area contributed by atoms with Gasteiger partial charge in [0.1, 0.15) is 11.8 Å². The molecule has 2 aromatic rings. The fourth-order valence-corrected chi connectivity index (χ4v) is 3.11. The van der Waals surface area contributed by atoms with Gasteiger partial charge in [-0.25, -0.2) is 0 Å². The number of benzene rings is 2. The number of hydrogen-bond acceptors (Lipinski definition) is 3. The summed E-state index contributed by atoms with van der Waals surface area (Å²) in [5.41, 5.74) is 0.776. The molecular formula is C20H22BrClN2O3. The van der Waals surface area contributed by atoms with Crippen molar-refractivity contribution in [3.8, 4) is 5.75 Å². The molecule has 0 aliphatic heterocycles. The molecule has 1 atom stereocenters. The van der Waals surface area contributed by atoms with Crippen LogP contribution in [0.2, 0.25) is 5.02 Å². The van der Waals surface area contributed by atoms with Gasteiger partial charge in [0, 0.05) is 23.1 Å². The van der Waals surface area contributed by atoms with Crippen molar-refractivity contribution in [1.29, 1.82) is 0 Å². The molecule has 0 heterocycles. The normalized spacial score (nSPS) is 11.6. The SMILES string of the molecule is CCC(C(=O)NC)N(Cc1ccccc1Cl)C(=O)COc1ccc(Br)cc1. The molecule has 0 saturated carbocycles. The Morgan fingerprint density at radius 3 is 2.44 bits per heavy atom. The topological polar surface area (TPSA) is 58.6 Å². The van der Waals surface area contributed by atoms with Gasteiger partial charge >= 0.3 is 0 Å². The second kappa shape index (κ2) is 10.3. The predicted octanol–water partition coefficient (Wildman–Crippen LogP) is 4.03. The molecule has 2 aromatic carbocycles. The average Bonchev–Trinajstić information content (AvgIpc) is 2.68. The molecular weight excluding hydrogens is 432 g/mol. The number of amides is 2. The van der Waals surface area contributed by atoms with Crippen molar-refractivity contribution in [2.75, 3.05) is 13.7 Å². The van der Waals surface area contributed by atoms with Gasteiger partial charge in [-0.1, -0.05) is 52.7 Å². The molecule has 0 aliphatic rings. The van der Waals surface area contributed by atoms with Crippen LogP contribution in [0.1, 0.15) is 18.9 Å². The van der Waals surface area contributed by atoms with Crippen molar-refractivity contribution < 1.29 is 14.3 Å². The van der Waals surface area contributed by atoms with Crippen LogP contribution in [0.15, 0.2) is 53.0 Å². The summed E-state index contributed by atoms with van der Waals surface area (Å²) in [6, 6.07) is 13.9. The first kappa shape index (κ1) is 21.3. The molecule has 5 nitrogen and oxygen atoms in total. The van der Waals surface area contributed by atoms with Crippen molar-refractivity contribution in [2.24, 2.45) is 0 Å². The van der Waals surface area contributed by atoms with Crippen molar-refractivity contribution >= 4 is 39.3 Å². The molecule has 7 heteroatoms. The first-order valence-corrected chi connectivity index (χ1v) is 9.76. The Bertz CT molecular complexity index is 783. The molecule has 1 N–H and O–H groups in total. The van der Waals surface area contributed by atoms with E-state index >= 15 is 0 Å². The second-order valence-electron chi connectivity index (χ2n) is 5.89. The number of nitrogens with zero attached hydrogens (tertiary/aromatic N) is 1. The molecule has 27 heavy (non-hydrogen) atoms. The number of carbonyl (C=O) groups excluding carboxylic acids is 2. The highest BCUT2D eigenvalue weighted by Crippen LogP contribution is 2.20.